The van der Waals surface area contributed by atoms with Gasteiger partial charge in [-0.2, -0.15) is 0 Å². The zero-order valence-electron chi connectivity index (χ0n) is 33.2. The highest BCUT2D eigenvalue weighted by molar-refractivity contribution is 6.44. The fourth-order valence-electron chi connectivity index (χ4n) is 12.1. The zero-order chi connectivity index (χ0) is 39.1. The Balaban J connectivity index is 1.03. The van der Waals surface area contributed by atoms with Crippen molar-refractivity contribution in [2.75, 3.05) is 0 Å². The predicted octanol–water partition coefficient (Wildman–Crippen LogP) is 17.1. The monoisotopic (exact) mass is 754 g/mol. The van der Waals surface area contributed by atoms with Gasteiger partial charge in [-0.25, -0.2) is 0 Å². The molecule has 0 N–H and O–H groups in total. The highest BCUT2D eigenvalue weighted by Crippen LogP contribution is 2.58. The first-order valence-corrected chi connectivity index (χ1v) is 21.3. The maximum absolute atomic E-state index is 2.47. The van der Waals surface area contributed by atoms with Crippen molar-refractivity contribution in [1.82, 2.24) is 0 Å². The first-order chi connectivity index (χ1) is 29.6. The third kappa shape index (κ3) is 3.67. The molecule has 0 aromatic heterocycles. The van der Waals surface area contributed by atoms with E-state index >= 15 is 0 Å². The molecule has 0 saturated carbocycles. The highest BCUT2D eigenvalue weighted by Gasteiger charge is 2.31. The number of fused-ring (bicyclic) bond motifs is 12. The van der Waals surface area contributed by atoms with Gasteiger partial charge in [-0.1, -0.05) is 146 Å². The Kier molecular flexibility index (Phi) is 5.63. The SMILES string of the molecule is Cc1ccccc1-c1ccc(-c2ccccc2C)c2c1-c1ccc3c4ccc5c6cc7cc8c(cc7cc6c6ccc(c7ccc-2c1c37)c4c56)c1cccc2cccc8c21. The molecule has 14 aromatic rings. The van der Waals surface area contributed by atoms with E-state index in [1.54, 1.807) is 0 Å². The van der Waals surface area contributed by atoms with Crippen molar-refractivity contribution < 1.29 is 0 Å². The number of hydrogen-bond acceptors (Lipinski definition) is 0. The van der Waals surface area contributed by atoms with Crippen LogP contribution in [0.1, 0.15) is 11.1 Å². The molecular weight excluding hydrogens is 721 g/mol. The van der Waals surface area contributed by atoms with Crippen LogP contribution in [0.5, 0.6) is 0 Å². The molecule has 0 heteroatoms. The van der Waals surface area contributed by atoms with E-state index < -0.39 is 0 Å². The molecule has 0 bridgehead atoms. The lowest BCUT2D eigenvalue weighted by Gasteiger charge is -2.17. The second kappa shape index (κ2) is 10.7. The first-order valence-electron chi connectivity index (χ1n) is 21.3. The van der Waals surface area contributed by atoms with Gasteiger partial charge in [0.25, 0.3) is 0 Å². The Morgan fingerprint density at radius 2 is 0.567 bits per heavy atom. The van der Waals surface area contributed by atoms with Crippen LogP contribution >= 0.6 is 0 Å². The predicted molar refractivity (Wildman–Crippen MR) is 260 cm³/mol. The van der Waals surface area contributed by atoms with Crippen LogP contribution < -0.4 is 0 Å². The molecule has 0 amide bonds. The summed E-state index contributed by atoms with van der Waals surface area (Å²) < 4.78 is 0. The summed E-state index contributed by atoms with van der Waals surface area (Å²) in [5.41, 5.74) is 13.2. The van der Waals surface area contributed by atoms with Gasteiger partial charge in [-0.15, -0.1) is 0 Å². The van der Waals surface area contributed by atoms with Crippen LogP contribution in [0, 0.1) is 13.8 Å². The molecule has 1 aliphatic rings. The molecule has 0 nitrogen and oxygen atoms in total. The number of hydrogen-bond donors (Lipinski definition) is 0. The van der Waals surface area contributed by atoms with E-state index in [0.717, 1.165) is 0 Å². The van der Waals surface area contributed by atoms with E-state index in [2.05, 4.69) is 184 Å². The van der Waals surface area contributed by atoms with E-state index in [0.29, 0.717) is 0 Å². The minimum Gasteiger partial charge on any atom is -0.0620 e. The fourth-order valence-corrected chi connectivity index (χ4v) is 12.1. The van der Waals surface area contributed by atoms with Gasteiger partial charge in [0.05, 0.1) is 0 Å². The molecule has 274 valence electrons. The van der Waals surface area contributed by atoms with Crippen LogP contribution in [-0.4, -0.2) is 0 Å². The summed E-state index contributed by atoms with van der Waals surface area (Å²) in [5, 5.41) is 27.0. The summed E-state index contributed by atoms with van der Waals surface area (Å²) in [6, 6.07) is 65.3. The quantitative estimate of drug-likeness (QED) is 0.122. The summed E-state index contributed by atoms with van der Waals surface area (Å²) in [5.74, 6) is 0. The largest absolute Gasteiger partial charge is 0.0620 e. The molecule has 0 spiro atoms. The summed E-state index contributed by atoms with van der Waals surface area (Å²) in [4.78, 5) is 0. The van der Waals surface area contributed by atoms with E-state index in [4.69, 9.17) is 0 Å². The van der Waals surface area contributed by atoms with Crippen molar-refractivity contribution >= 4 is 108 Å². The minimum absolute atomic E-state index is 1.30. The van der Waals surface area contributed by atoms with Gasteiger partial charge in [-0.3, -0.25) is 0 Å². The summed E-state index contributed by atoms with van der Waals surface area (Å²) >= 11 is 0. The van der Waals surface area contributed by atoms with Crippen molar-refractivity contribution in [1.29, 1.82) is 0 Å². The Labute approximate surface area is 345 Å². The van der Waals surface area contributed by atoms with E-state index in [9.17, 15) is 0 Å². The Bertz CT molecular complexity index is 3980. The van der Waals surface area contributed by atoms with Crippen LogP contribution in [0.4, 0.5) is 0 Å². The number of rotatable bonds is 2. The second-order valence-electron chi connectivity index (χ2n) is 17.5. The highest BCUT2D eigenvalue weighted by atomic mass is 14.3. The lowest BCUT2D eigenvalue weighted by Crippen LogP contribution is -1.92. The Hall–Kier alpha value is -7.54. The van der Waals surface area contributed by atoms with Gasteiger partial charge < -0.3 is 0 Å². The molecule has 0 fully saturated rings. The lowest BCUT2D eigenvalue weighted by molar-refractivity contribution is 1.44. The van der Waals surface area contributed by atoms with Gasteiger partial charge >= 0.3 is 0 Å². The lowest BCUT2D eigenvalue weighted by atomic mass is 9.86. The van der Waals surface area contributed by atoms with Gasteiger partial charge in [0.1, 0.15) is 0 Å². The van der Waals surface area contributed by atoms with E-state index in [-0.39, 0.29) is 0 Å². The topological polar surface area (TPSA) is 0 Å². The van der Waals surface area contributed by atoms with Gasteiger partial charge in [0, 0.05) is 0 Å². The molecule has 0 heterocycles. The van der Waals surface area contributed by atoms with Crippen molar-refractivity contribution in [2.24, 2.45) is 0 Å². The summed E-state index contributed by atoms with van der Waals surface area (Å²) in [6.07, 6.45) is 0. The van der Waals surface area contributed by atoms with Crippen molar-refractivity contribution in [3.8, 4) is 44.5 Å². The Morgan fingerprint density at radius 1 is 0.217 bits per heavy atom. The van der Waals surface area contributed by atoms with Gasteiger partial charge in [0.15, 0.2) is 0 Å². The van der Waals surface area contributed by atoms with Crippen LogP contribution in [0.3, 0.4) is 0 Å². The zero-order valence-corrected chi connectivity index (χ0v) is 33.2. The molecule has 0 saturated heterocycles. The van der Waals surface area contributed by atoms with Gasteiger partial charge in [0.2, 0.25) is 0 Å². The number of benzene rings is 12. The number of aryl methyl sites for hydroxylation is 2. The molecule has 1 aliphatic carbocycles. The van der Waals surface area contributed by atoms with Crippen molar-refractivity contribution in [3.05, 3.63) is 181 Å². The van der Waals surface area contributed by atoms with Crippen LogP contribution in [0.15, 0.2) is 170 Å². The smallest absolute Gasteiger partial charge is 0.00134 e. The van der Waals surface area contributed by atoms with Crippen molar-refractivity contribution in [3.63, 3.8) is 0 Å². The first kappa shape index (κ1) is 31.5. The van der Waals surface area contributed by atoms with Crippen LogP contribution in [0.2, 0.25) is 0 Å². The molecule has 0 atom stereocenters. The van der Waals surface area contributed by atoms with Gasteiger partial charge in [-0.05, 0) is 201 Å². The van der Waals surface area contributed by atoms with Crippen LogP contribution in [0.25, 0.3) is 152 Å². The maximum Gasteiger partial charge on any atom is -0.00134 e. The molecular formula is C60H34. The molecule has 0 unspecified atom stereocenters. The second-order valence-corrected chi connectivity index (χ2v) is 17.5. The molecule has 0 aliphatic heterocycles. The molecule has 14 aromatic carbocycles. The van der Waals surface area contributed by atoms with Crippen LogP contribution in [-0.2, 0) is 0 Å². The summed E-state index contributed by atoms with van der Waals surface area (Å²) in [6.45, 7) is 4.49. The van der Waals surface area contributed by atoms with Crippen molar-refractivity contribution in [2.45, 2.75) is 13.8 Å². The minimum atomic E-state index is 1.30. The average molecular weight is 755 g/mol. The molecule has 15 rings (SSSR count). The summed E-state index contributed by atoms with van der Waals surface area (Å²) in [7, 11) is 0. The van der Waals surface area contributed by atoms with E-state index in [1.807, 2.05) is 0 Å². The third-order valence-electron chi connectivity index (χ3n) is 14.7. The normalized spacial score (nSPS) is 12.8. The maximum atomic E-state index is 2.47. The average Bonchev–Trinajstić information content (AvgIpc) is 3.91. The standard InChI is InChI=1S/C60H34/c1-31-9-3-5-13-36(31)40-17-18-41(37-14-6-4-10-32(37)2)59-49-26-24-45-43-20-22-47-53-30-35-28-51-39-16-8-12-33-11-7-15-38(54(33)39)50(51)27-34(35)29-52(53)46-21-19-42(55(43)57(46)47)44-23-25-48(58(40)59)60(49)56(44)45/h3-30H,1-2H3. The third-order valence-corrected chi connectivity index (χ3v) is 14.7. The fraction of sp³-hybridized carbons (Fsp3) is 0.0333. The molecule has 0 radical (unpaired) electrons. The molecule has 60 heavy (non-hydrogen) atoms. The Morgan fingerprint density at radius 3 is 1.00 bits per heavy atom. The van der Waals surface area contributed by atoms with E-state index in [1.165, 1.54) is 163 Å².